The van der Waals surface area contributed by atoms with Gasteiger partial charge in [0.25, 0.3) is 5.91 Å². The molecule has 0 unspecified atom stereocenters. The number of nitrogens with zero attached hydrogens (tertiary/aromatic N) is 3. The number of aliphatic imine (C=N–C) groups is 1. The van der Waals surface area contributed by atoms with Crippen molar-refractivity contribution in [2.45, 2.75) is 25.2 Å². The van der Waals surface area contributed by atoms with Crippen LogP contribution in [0.5, 0.6) is 0 Å². The first kappa shape index (κ1) is 20.1. The molecule has 6 nitrogen and oxygen atoms in total. The first-order valence-electron chi connectivity index (χ1n) is 7.81. The van der Waals surface area contributed by atoms with Crippen LogP contribution in [0, 0.1) is 11.6 Å². The average Bonchev–Trinajstić information content (AvgIpc) is 3.06. The Kier molecular flexibility index (Phi) is 6.32. The number of benzene rings is 1. The van der Waals surface area contributed by atoms with E-state index in [0.717, 1.165) is 18.2 Å². The summed E-state index contributed by atoms with van der Waals surface area (Å²) in [6.45, 7) is 0. The zero-order chi connectivity index (χ0) is 20.0. The van der Waals surface area contributed by atoms with Crippen LogP contribution in [0.2, 0.25) is 0 Å². The van der Waals surface area contributed by atoms with Crippen molar-refractivity contribution in [2.75, 3.05) is 0 Å². The molecule has 10 heteroatoms. The summed E-state index contributed by atoms with van der Waals surface area (Å²) in [7, 11) is 0. The van der Waals surface area contributed by atoms with Crippen LogP contribution in [-0.2, 0) is 11.2 Å². The molecule has 1 fully saturated rings. The number of hydrogen-bond acceptors (Lipinski definition) is 3. The molecule has 0 radical (unpaired) electrons. The molecule has 2 aromatic rings. The molecule has 1 aliphatic rings. The molecule has 4 N–H and O–H groups in total. The van der Waals surface area contributed by atoms with Gasteiger partial charge in [0.2, 0.25) is 5.92 Å². The van der Waals surface area contributed by atoms with Crippen LogP contribution >= 0.6 is 0 Å². The lowest BCUT2D eigenvalue weighted by Crippen LogP contribution is -2.12. The largest absolute Gasteiger partial charge is 0.404 e. The third-order valence-electron chi connectivity index (χ3n) is 3.25. The second kappa shape index (κ2) is 8.47. The molecule has 0 atom stereocenters. The second-order valence-electron chi connectivity index (χ2n) is 5.74. The van der Waals surface area contributed by atoms with Crippen LogP contribution in [0.25, 0.3) is 5.69 Å². The number of halogens is 4. The molecule has 1 amide bonds. The van der Waals surface area contributed by atoms with Crippen molar-refractivity contribution in [3.8, 4) is 5.69 Å². The molecular weight excluding hydrogens is 366 g/mol. The Bertz CT molecular complexity index is 850. The lowest BCUT2D eigenvalue weighted by atomic mass is 10.2. The topological polar surface area (TPSA) is 99.3 Å². The Morgan fingerprint density at radius 1 is 1.26 bits per heavy atom. The number of alkyl halides is 2. The van der Waals surface area contributed by atoms with Gasteiger partial charge in [0.15, 0.2) is 0 Å². The highest BCUT2D eigenvalue weighted by Gasteiger charge is 2.43. The van der Waals surface area contributed by atoms with Crippen molar-refractivity contribution < 1.29 is 22.4 Å². The predicted molar refractivity (Wildman–Crippen MR) is 91.3 cm³/mol. The number of carbonyl (C=O) groups excluding carboxylic acids is 1. The van der Waals surface area contributed by atoms with Crippen LogP contribution in [-0.4, -0.2) is 27.4 Å². The Morgan fingerprint density at radius 2 is 1.85 bits per heavy atom. The number of nitrogens with two attached hydrogens (primary N) is 2. The fourth-order valence-corrected chi connectivity index (χ4v) is 1.85. The third kappa shape index (κ3) is 6.92. The minimum Gasteiger partial charge on any atom is -0.404 e. The predicted octanol–water partition coefficient (Wildman–Crippen LogP) is 2.46. The fourth-order valence-electron chi connectivity index (χ4n) is 1.85. The molecule has 1 aromatic heterocycles. The minimum absolute atomic E-state index is 0.00732. The number of aromatic nitrogens is 2. The summed E-state index contributed by atoms with van der Waals surface area (Å²) in [4.78, 5) is 15.3. The van der Waals surface area contributed by atoms with Crippen molar-refractivity contribution >= 4 is 11.7 Å². The molecule has 0 spiro atoms. The van der Waals surface area contributed by atoms with Crippen LogP contribution in [0.1, 0.15) is 18.4 Å². The fraction of sp³-hybridized carbons (Fsp3) is 0.235. The molecule has 27 heavy (non-hydrogen) atoms. The Hall–Kier alpha value is -3.17. The van der Waals surface area contributed by atoms with Gasteiger partial charge in [-0.3, -0.25) is 4.79 Å². The van der Waals surface area contributed by atoms with Crippen LogP contribution < -0.4 is 11.5 Å². The summed E-state index contributed by atoms with van der Waals surface area (Å²) in [5.74, 6) is -4.17. The molecule has 0 aliphatic heterocycles. The average molecular weight is 383 g/mol. The van der Waals surface area contributed by atoms with Crippen molar-refractivity contribution in [1.29, 1.82) is 0 Å². The van der Waals surface area contributed by atoms with E-state index in [2.05, 4.69) is 10.1 Å². The number of carbonyl (C=O) groups is 1. The van der Waals surface area contributed by atoms with Crippen molar-refractivity contribution in [2.24, 2.45) is 16.5 Å². The highest BCUT2D eigenvalue weighted by Crippen LogP contribution is 2.40. The first-order valence-corrected chi connectivity index (χ1v) is 7.81. The maximum absolute atomic E-state index is 13.2. The summed E-state index contributed by atoms with van der Waals surface area (Å²) in [6, 6.07) is 3.02. The van der Waals surface area contributed by atoms with Crippen molar-refractivity contribution in [3.05, 3.63) is 60.1 Å². The zero-order valence-electron chi connectivity index (χ0n) is 14.1. The molecule has 1 aliphatic carbocycles. The van der Waals surface area contributed by atoms with E-state index in [4.69, 9.17) is 11.5 Å². The van der Waals surface area contributed by atoms with E-state index >= 15 is 0 Å². The van der Waals surface area contributed by atoms with E-state index < -0.39 is 23.5 Å². The van der Waals surface area contributed by atoms with Crippen LogP contribution in [0.15, 0.2) is 47.9 Å². The van der Waals surface area contributed by atoms with Crippen molar-refractivity contribution in [3.63, 3.8) is 0 Å². The lowest BCUT2D eigenvalue weighted by molar-refractivity contribution is -0.117. The first-order chi connectivity index (χ1) is 12.7. The lowest BCUT2D eigenvalue weighted by Gasteiger charge is -2.01. The van der Waals surface area contributed by atoms with E-state index in [-0.39, 0.29) is 30.8 Å². The normalized spacial score (nSPS) is 15.3. The van der Waals surface area contributed by atoms with Gasteiger partial charge in [-0.15, -0.1) is 0 Å². The number of amidine groups is 1. The van der Waals surface area contributed by atoms with Gasteiger partial charge in [-0.2, -0.15) is 10.1 Å². The number of amides is 1. The monoisotopic (exact) mass is 383 g/mol. The number of rotatable bonds is 4. The van der Waals surface area contributed by atoms with Crippen molar-refractivity contribution in [1.82, 2.24) is 9.78 Å². The van der Waals surface area contributed by atoms with Gasteiger partial charge in [-0.25, -0.2) is 22.2 Å². The zero-order valence-corrected chi connectivity index (χ0v) is 14.1. The summed E-state index contributed by atoms with van der Waals surface area (Å²) in [6.07, 6.45) is 5.54. The third-order valence-corrected chi connectivity index (χ3v) is 3.25. The van der Waals surface area contributed by atoms with Crippen LogP contribution in [0.3, 0.4) is 0 Å². The van der Waals surface area contributed by atoms with Gasteiger partial charge in [-0.1, -0.05) is 0 Å². The second-order valence-corrected chi connectivity index (χ2v) is 5.74. The highest BCUT2D eigenvalue weighted by atomic mass is 19.3. The minimum atomic E-state index is -2.25. The van der Waals surface area contributed by atoms with Gasteiger partial charge in [0.1, 0.15) is 17.5 Å². The van der Waals surface area contributed by atoms with Gasteiger partial charge in [0, 0.05) is 25.1 Å². The number of hydrogen-bond donors (Lipinski definition) is 2. The summed E-state index contributed by atoms with van der Waals surface area (Å²) < 4.78 is 49.9. The molecule has 1 heterocycles. The molecule has 0 bridgehead atoms. The summed E-state index contributed by atoms with van der Waals surface area (Å²) >= 11 is 0. The maximum atomic E-state index is 13.2. The Balaban J connectivity index is 0.000000451. The molecule has 144 valence electrons. The quantitative estimate of drug-likeness (QED) is 0.481. The Labute approximate surface area is 152 Å². The molecule has 1 saturated carbocycles. The van der Waals surface area contributed by atoms with Gasteiger partial charge in [0.05, 0.1) is 18.3 Å². The SMILES string of the molecule is FC1(F)CC1.N/C=C\C(N)=NC(=O)Cc1cnn(-c2cc(F)cc(F)c2)c1. The van der Waals surface area contributed by atoms with Gasteiger partial charge in [-0.05, 0) is 30.0 Å². The van der Waals surface area contributed by atoms with E-state index in [9.17, 15) is 22.4 Å². The Morgan fingerprint density at radius 3 is 2.37 bits per heavy atom. The molecule has 0 saturated heterocycles. The van der Waals surface area contributed by atoms with E-state index in [1.54, 1.807) is 0 Å². The van der Waals surface area contributed by atoms with Gasteiger partial charge >= 0.3 is 0 Å². The van der Waals surface area contributed by atoms with E-state index in [1.165, 1.54) is 29.4 Å². The standard InChI is InChI=1S/C14H13F2N5O.C3H4F2/c15-10-4-11(16)6-12(5-10)21-8-9(7-19-21)3-14(22)20-13(18)1-2-17;4-3(5)1-2-3/h1-2,4-8H,3,17H2,(H2,18,20,22);1-2H2/b2-1-;. The van der Waals surface area contributed by atoms with E-state index in [0.29, 0.717) is 5.56 Å². The van der Waals surface area contributed by atoms with Gasteiger partial charge < -0.3 is 11.5 Å². The maximum Gasteiger partial charge on any atom is 0.252 e. The molecule has 3 rings (SSSR count). The molecule has 1 aromatic carbocycles. The molecular formula is C17H17F4N5O. The summed E-state index contributed by atoms with van der Waals surface area (Å²) in [5.41, 5.74) is 11.3. The van der Waals surface area contributed by atoms with E-state index in [1.807, 2.05) is 0 Å². The highest BCUT2D eigenvalue weighted by molar-refractivity contribution is 6.00. The smallest absolute Gasteiger partial charge is 0.252 e. The summed E-state index contributed by atoms with van der Waals surface area (Å²) in [5, 5.41) is 3.95. The van der Waals surface area contributed by atoms with Crippen LogP contribution in [0.4, 0.5) is 17.6 Å².